The van der Waals surface area contributed by atoms with Crippen LogP contribution in [0.15, 0.2) is 42.5 Å². The van der Waals surface area contributed by atoms with Crippen LogP contribution in [0.25, 0.3) is 0 Å². The van der Waals surface area contributed by atoms with Crippen molar-refractivity contribution < 1.29 is 22.6 Å². The molecular formula is C16H14ClF3N2O2. The van der Waals surface area contributed by atoms with Gasteiger partial charge in [-0.05, 0) is 35.9 Å². The van der Waals surface area contributed by atoms with Gasteiger partial charge in [-0.3, -0.25) is 5.41 Å². The maximum absolute atomic E-state index is 12.8. The Morgan fingerprint density at radius 2 is 1.75 bits per heavy atom. The number of ether oxygens (including phenoxy) is 2. The Morgan fingerprint density at radius 3 is 2.33 bits per heavy atom. The molecule has 0 spiro atoms. The summed E-state index contributed by atoms with van der Waals surface area (Å²) in [5, 5.41) is 6.88. The van der Waals surface area contributed by atoms with Crippen molar-refractivity contribution in [2.24, 2.45) is 5.73 Å². The topological polar surface area (TPSA) is 68.3 Å². The predicted molar refractivity (Wildman–Crippen MR) is 84.5 cm³/mol. The summed E-state index contributed by atoms with van der Waals surface area (Å²) in [4.78, 5) is 0. The summed E-state index contributed by atoms with van der Waals surface area (Å²) in [5.74, 6) is 0.379. The summed E-state index contributed by atoms with van der Waals surface area (Å²) >= 11 is 5.71. The van der Waals surface area contributed by atoms with E-state index in [0.717, 1.165) is 17.7 Å². The van der Waals surface area contributed by atoms with Crippen LogP contribution in [0.3, 0.4) is 0 Å². The number of hydrogen-bond donors (Lipinski definition) is 2. The molecule has 0 saturated carbocycles. The molecule has 0 saturated heterocycles. The van der Waals surface area contributed by atoms with E-state index in [-0.39, 0.29) is 23.4 Å². The first-order valence-electron chi connectivity index (χ1n) is 6.85. The molecule has 0 aromatic heterocycles. The SMILES string of the molecule is N=C(N)OCCc1ccc(Oc2cc(Cl)cc(C(F)(F)F)c2)cc1. The molecule has 3 N–H and O–H groups in total. The van der Waals surface area contributed by atoms with Gasteiger partial charge in [0.1, 0.15) is 11.5 Å². The highest BCUT2D eigenvalue weighted by Gasteiger charge is 2.31. The summed E-state index contributed by atoms with van der Waals surface area (Å²) in [6, 6.07) is 9.42. The lowest BCUT2D eigenvalue weighted by molar-refractivity contribution is -0.137. The Kier molecular flexibility index (Phi) is 5.56. The predicted octanol–water partition coefficient (Wildman–Crippen LogP) is 4.60. The molecule has 128 valence electrons. The number of amidine groups is 1. The molecule has 0 bridgehead atoms. The fraction of sp³-hybridized carbons (Fsp3) is 0.188. The second-order valence-corrected chi connectivity index (χ2v) is 5.32. The molecule has 0 radical (unpaired) electrons. The van der Waals surface area contributed by atoms with Crippen molar-refractivity contribution in [2.45, 2.75) is 12.6 Å². The minimum absolute atomic E-state index is 0.00230. The lowest BCUT2D eigenvalue weighted by Gasteiger charge is -2.11. The van der Waals surface area contributed by atoms with Crippen molar-refractivity contribution in [3.05, 3.63) is 58.6 Å². The average molecular weight is 359 g/mol. The van der Waals surface area contributed by atoms with Crippen molar-refractivity contribution >= 4 is 17.6 Å². The first-order valence-corrected chi connectivity index (χ1v) is 7.23. The summed E-state index contributed by atoms with van der Waals surface area (Å²) < 4.78 is 48.6. The largest absolute Gasteiger partial charge is 0.465 e. The zero-order chi connectivity index (χ0) is 17.7. The third-order valence-electron chi connectivity index (χ3n) is 3.01. The smallest absolute Gasteiger partial charge is 0.416 e. The van der Waals surface area contributed by atoms with Gasteiger partial charge in [0.05, 0.1) is 12.2 Å². The number of hydrogen-bond acceptors (Lipinski definition) is 3. The van der Waals surface area contributed by atoms with Crippen LogP contribution < -0.4 is 10.5 Å². The number of halogens is 4. The van der Waals surface area contributed by atoms with Gasteiger partial charge in [-0.1, -0.05) is 23.7 Å². The molecule has 0 aliphatic heterocycles. The molecule has 0 unspecified atom stereocenters. The number of alkyl halides is 3. The van der Waals surface area contributed by atoms with Gasteiger partial charge in [-0.15, -0.1) is 0 Å². The van der Waals surface area contributed by atoms with Crippen molar-refractivity contribution in [2.75, 3.05) is 6.61 Å². The quantitative estimate of drug-likeness (QED) is 0.606. The highest BCUT2D eigenvalue weighted by molar-refractivity contribution is 6.30. The Balaban J connectivity index is 2.06. The Bertz CT molecular complexity index is 718. The van der Waals surface area contributed by atoms with Gasteiger partial charge < -0.3 is 15.2 Å². The molecule has 0 amide bonds. The van der Waals surface area contributed by atoms with Crippen molar-refractivity contribution in [1.82, 2.24) is 0 Å². The van der Waals surface area contributed by atoms with Crippen molar-refractivity contribution in [1.29, 1.82) is 5.41 Å². The van der Waals surface area contributed by atoms with Gasteiger partial charge in [0.25, 0.3) is 6.02 Å². The molecule has 8 heteroatoms. The molecule has 0 atom stereocenters. The Labute approximate surface area is 141 Å². The number of nitrogens with one attached hydrogen (secondary N) is 1. The van der Waals surface area contributed by atoms with Crippen LogP contribution in [0, 0.1) is 5.41 Å². The van der Waals surface area contributed by atoms with E-state index in [0.29, 0.717) is 12.2 Å². The molecule has 0 fully saturated rings. The highest BCUT2D eigenvalue weighted by Crippen LogP contribution is 2.35. The number of benzene rings is 2. The van der Waals surface area contributed by atoms with Gasteiger partial charge in [0.2, 0.25) is 0 Å². The van der Waals surface area contributed by atoms with E-state index < -0.39 is 11.7 Å². The molecule has 2 aromatic rings. The molecule has 0 aliphatic rings. The van der Waals surface area contributed by atoms with Gasteiger partial charge in [0.15, 0.2) is 0 Å². The van der Waals surface area contributed by atoms with E-state index in [9.17, 15) is 13.2 Å². The van der Waals surface area contributed by atoms with E-state index in [1.807, 2.05) is 0 Å². The molecular weight excluding hydrogens is 345 g/mol. The maximum atomic E-state index is 12.8. The monoisotopic (exact) mass is 358 g/mol. The first-order chi connectivity index (χ1) is 11.2. The molecule has 2 aromatic carbocycles. The summed E-state index contributed by atoms with van der Waals surface area (Å²) in [7, 11) is 0. The standard InChI is InChI=1S/C16H14ClF3N2O2/c17-12-7-11(16(18,19)20)8-14(9-12)24-13-3-1-10(2-4-13)5-6-23-15(21)22/h1-4,7-9H,5-6H2,(H3,21,22). The molecule has 0 aliphatic carbocycles. The Morgan fingerprint density at radius 1 is 1.08 bits per heavy atom. The highest BCUT2D eigenvalue weighted by atomic mass is 35.5. The van der Waals surface area contributed by atoms with Crippen molar-refractivity contribution in [3.63, 3.8) is 0 Å². The fourth-order valence-electron chi connectivity index (χ4n) is 1.92. The fourth-order valence-corrected chi connectivity index (χ4v) is 2.15. The summed E-state index contributed by atoms with van der Waals surface area (Å²) in [6.45, 7) is 0.263. The average Bonchev–Trinajstić information content (AvgIpc) is 2.47. The van der Waals surface area contributed by atoms with E-state index >= 15 is 0 Å². The zero-order valence-corrected chi connectivity index (χ0v) is 13.1. The minimum atomic E-state index is -4.50. The summed E-state index contributed by atoms with van der Waals surface area (Å²) in [5.41, 5.74) is 5.11. The van der Waals surface area contributed by atoms with E-state index in [2.05, 4.69) is 0 Å². The van der Waals surface area contributed by atoms with Gasteiger partial charge in [0, 0.05) is 11.4 Å². The second-order valence-electron chi connectivity index (χ2n) is 4.88. The third-order valence-corrected chi connectivity index (χ3v) is 3.22. The van der Waals surface area contributed by atoms with Crippen LogP contribution in [0.4, 0.5) is 13.2 Å². The van der Waals surface area contributed by atoms with Crippen LogP contribution in [0.5, 0.6) is 11.5 Å². The van der Waals surface area contributed by atoms with Gasteiger partial charge >= 0.3 is 6.18 Å². The molecule has 0 heterocycles. The minimum Gasteiger partial charge on any atom is -0.465 e. The van der Waals surface area contributed by atoms with E-state index in [4.69, 9.17) is 32.2 Å². The second kappa shape index (κ2) is 7.44. The molecule has 2 rings (SSSR count). The van der Waals surface area contributed by atoms with E-state index in [1.165, 1.54) is 6.07 Å². The van der Waals surface area contributed by atoms with Gasteiger partial charge in [-0.2, -0.15) is 13.2 Å². The summed E-state index contributed by atoms with van der Waals surface area (Å²) in [6.07, 6.45) is -3.96. The Hall–Kier alpha value is -2.41. The number of rotatable bonds is 5. The number of nitrogens with two attached hydrogens (primary N) is 1. The first kappa shape index (κ1) is 17.9. The lowest BCUT2D eigenvalue weighted by atomic mass is 10.1. The maximum Gasteiger partial charge on any atom is 0.416 e. The van der Waals surface area contributed by atoms with Crippen LogP contribution >= 0.6 is 11.6 Å². The van der Waals surface area contributed by atoms with Crippen LogP contribution in [0.1, 0.15) is 11.1 Å². The lowest BCUT2D eigenvalue weighted by Crippen LogP contribution is -2.15. The molecule has 4 nitrogen and oxygen atoms in total. The zero-order valence-electron chi connectivity index (χ0n) is 12.4. The van der Waals surface area contributed by atoms with Crippen LogP contribution in [-0.4, -0.2) is 12.6 Å². The van der Waals surface area contributed by atoms with Crippen LogP contribution in [0.2, 0.25) is 5.02 Å². The van der Waals surface area contributed by atoms with E-state index in [1.54, 1.807) is 24.3 Å². The molecule has 24 heavy (non-hydrogen) atoms. The normalized spacial score (nSPS) is 11.2. The third kappa shape index (κ3) is 5.34. The van der Waals surface area contributed by atoms with Gasteiger partial charge in [-0.25, -0.2) is 0 Å². The van der Waals surface area contributed by atoms with Crippen LogP contribution in [-0.2, 0) is 17.3 Å². The van der Waals surface area contributed by atoms with Crippen molar-refractivity contribution in [3.8, 4) is 11.5 Å².